The van der Waals surface area contributed by atoms with Gasteiger partial charge in [0, 0.05) is 41.3 Å². The minimum absolute atomic E-state index is 0.0742. The molecule has 3 heterocycles. The Kier molecular flexibility index (Phi) is 7.41. The number of para-hydroxylation sites is 1. The van der Waals surface area contributed by atoms with Gasteiger partial charge in [0.1, 0.15) is 18.2 Å². The van der Waals surface area contributed by atoms with Gasteiger partial charge < -0.3 is 35.3 Å². The topological polar surface area (TPSA) is 198 Å². The summed E-state index contributed by atoms with van der Waals surface area (Å²) in [6, 6.07) is 3.89. The van der Waals surface area contributed by atoms with Crippen LogP contribution in [0.4, 0.5) is 0 Å². The average molecular weight is 567 g/mol. The number of hydrogen-bond acceptors (Lipinski definition) is 9. The molecular weight excluding hydrogens is 536 g/mol. The molecule has 0 saturated carbocycles. The van der Waals surface area contributed by atoms with Crippen LogP contribution in [0.15, 0.2) is 53.1 Å². The van der Waals surface area contributed by atoms with E-state index >= 15 is 0 Å². The Bertz CT molecular complexity index is 1520. The number of nitrogens with one attached hydrogen (secondary N) is 3. The van der Waals surface area contributed by atoms with Crippen molar-refractivity contribution in [2.45, 2.75) is 50.5 Å². The molecule has 5 rings (SSSR count). The van der Waals surface area contributed by atoms with Gasteiger partial charge in [0.25, 0.3) is 0 Å². The molecule has 1 aliphatic carbocycles. The summed E-state index contributed by atoms with van der Waals surface area (Å²) >= 11 is 0. The first kappa shape index (κ1) is 28.1. The van der Waals surface area contributed by atoms with Gasteiger partial charge in [-0.05, 0) is 30.4 Å². The smallest absolute Gasteiger partial charge is 0.326 e. The molecule has 216 valence electrons. The molecule has 5 atom stereocenters. The number of aromatic amines is 1. The summed E-state index contributed by atoms with van der Waals surface area (Å²) < 4.78 is 5.00. The summed E-state index contributed by atoms with van der Waals surface area (Å²) in [5.74, 6) is -6.29. The van der Waals surface area contributed by atoms with Gasteiger partial charge in [-0.1, -0.05) is 25.1 Å². The number of aliphatic hydroxyl groups is 2. The number of H-pyrrole nitrogens is 1. The van der Waals surface area contributed by atoms with E-state index in [4.69, 9.17) is 4.74 Å². The third-order valence-electron chi connectivity index (χ3n) is 7.85. The number of benzene rings is 1. The number of aliphatic carboxylic acids is 1. The highest BCUT2D eigenvalue weighted by Crippen LogP contribution is 2.39. The van der Waals surface area contributed by atoms with Crippen LogP contribution < -0.4 is 10.6 Å². The minimum atomic E-state index is -1.37. The van der Waals surface area contributed by atoms with Crippen LogP contribution in [0.25, 0.3) is 10.9 Å². The highest BCUT2D eigenvalue weighted by molar-refractivity contribution is 6.25. The van der Waals surface area contributed by atoms with Crippen molar-refractivity contribution in [3.8, 4) is 0 Å². The molecule has 1 aromatic carbocycles. The third kappa shape index (κ3) is 4.76. The first-order chi connectivity index (χ1) is 19.6. The van der Waals surface area contributed by atoms with Gasteiger partial charge >= 0.3 is 5.97 Å². The molecule has 1 fully saturated rings. The molecule has 41 heavy (non-hydrogen) atoms. The number of Topliss-reactive ketones (excluding diaryl/α,β-unsaturated/α-hetero) is 2. The molecule has 2 aromatic rings. The standard InChI is InChI=1S/C28H30N4O9/c1-12(11-33)7-18(28(39)40)31-26(37)19-9-15-20(22(35)24(41-2)23(36)21(15)34)25-30-17(27(38)32(19)25)8-13-10-29-16-6-4-3-5-14(13)16/h3-6,10,12,17-19,25,29-30,33,36H,7-9,11H2,1-2H3,(H,31,37)(H,39,40)/t12?,17-,18-,19?,25-/m0/s1. The first-order valence-corrected chi connectivity index (χ1v) is 13.1. The number of carboxylic acids is 1. The monoisotopic (exact) mass is 566 g/mol. The summed E-state index contributed by atoms with van der Waals surface area (Å²) in [6.45, 7) is 1.32. The highest BCUT2D eigenvalue weighted by atomic mass is 16.5. The molecule has 13 heteroatoms. The van der Waals surface area contributed by atoms with Crippen molar-refractivity contribution in [2.24, 2.45) is 5.92 Å². The van der Waals surface area contributed by atoms with Crippen molar-refractivity contribution in [3.05, 3.63) is 58.7 Å². The second-order valence-electron chi connectivity index (χ2n) is 10.5. The Labute approximate surface area is 233 Å². The summed E-state index contributed by atoms with van der Waals surface area (Å²) in [4.78, 5) is 70.1. The number of rotatable bonds is 9. The SMILES string of the molecule is COC1=C(O)C(=O)C2=C(C1=O)[C@H]1N[C@@H](Cc3c[nH]c4ccccc34)C(=O)N1C(C(=O)N[C@@H](CC(C)CO)C(=O)O)C2. The maximum atomic E-state index is 13.9. The molecule has 3 aliphatic rings. The quantitative estimate of drug-likeness (QED) is 0.226. The molecule has 1 saturated heterocycles. The van der Waals surface area contributed by atoms with E-state index in [9.17, 15) is 39.3 Å². The van der Waals surface area contributed by atoms with E-state index in [1.54, 1.807) is 13.1 Å². The van der Waals surface area contributed by atoms with Gasteiger partial charge in [-0.2, -0.15) is 0 Å². The van der Waals surface area contributed by atoms with Crippen molar-refractivity contribution >= 4 is 40.3 Å². The van der Waals surface area contributed by atoms with E-state index in [-0.39, 0.29) is 30.6 Å². The second-order valence-corrected chi connectivity index (χ2v) is 10.5. The van der Waals surface area contributed by atoms with Crippen molar-refractivity contribution in [1.82, 2.24) is 20.5 Å². The lowest BCUT2D eigenvalue weighted by Crippen LogP contribution is -2.59. The van der Waals surface area contributed by atoms with Crippen LogP contribution in [0.2, 0.25) is 0 Å². The average Bonchev–Trinajstić information content (AvgIpc) is 3.51. The normalized spacial score (nSPS) is 23.9. The molecule has 2 amide bonds. The van der Waals surface area contributed by atoms with Crippen molar-refractivity contribution in [2.75, 3.05) is 13.7 Å². The van der Waals surface area contributed by atoms with E-state index in [0.717, 1.165) is 23.6 Å². The van der Waals surface area contributed by atoms with Crippen molar-refractivity contribution < 1.29 is 44.0 Å². The fraction of sp³-hybridized carbons (Fsp3) is 0.393. The largest absolute Gasteiger partial charge is 0.501 e. The summed E-state index contributed by atoms with van der Waals surface area (Å²) in [6.07, 6.45) is 0.267. The highest BCUT2D eigenvalue weighted by Gasteiger charge is 2.55. The second kappa shape index (κ2) is 10.8. The van der Waals surface area contributed by atoms with Gasteiger partial charge in [0.05, 0.1) is 13.2 Å². The lowest BCUT2D eigenvalue weighted by Gasteiger charge is -2.39. The van der Waals surface area contributed by atoms with E-state index < -0.39 is 77.5 Å². The number of ether oxygens (including phenoxy) is 1. The minimum Gasteiger partial charge on any atom is -0.501 e. The van der Waals surface area contributed by atoms with E-state index in [2.05, 4.69) is 15.6 Å². The zero-order valence-electron chi connectivity index (χ0n) is 22.3. The number of ketones is 2. The van der Waals surface area contributed by atoms with E-state index in [1.807, 2.05) is 24.3 Å². The van der Waals surface area contributed by atoms with Crippen LogP contribution in [-0.4, -0.2) is 92.6 Å². The number of allylic oxidation sites excluding steroid dienone is 2. The van der Waals surface area contributed by atoms with Crippen LogP contribution >= 0.6 is 0 Å². The number of methoxy groups -OCH3 is 1. The molecule has 0 bridgehead atoms. The molecule has 13 nitrogen and oxygen atoms in total. The van der Waals surface area contributed by atoms with Gasteiger partial charge in [-0.25, -0.2) is 4.79 Å². The van der Waals surface area contributed by atoms with Crippen LogP contribution in [-0.2, 0) is 35.1 Å². The number of amides is 2. The Hall–Kier alpha value is -4.49. The van der Waals surface area contributed by atoms with Crippen LogP contribution in [0.3, 0.4) is 0 Å². The summed E-state index contributed by atoms with van der Waals surface area (Å²) in [5.41, 5.74) is 1.42. The van der Waals surface area contributed by atoms with Gasteiger partial charge in [-0.15, -0.1) is 0 Å². The number of fused-ring (bicyclic) bond motifs is 3. The van der Waals surface area contributed by atoms with Gasteiger partial charge in [0.15, 0.2) is 0 Å². The van der Waals surface area contributed by atoms with E-state index in [1.165, 1.54) is 4.90 Å². The predicted molar refractivity (Wildman–Crippen MR) is 142 cm³/mol. The molecular formula is C28H30N4O9. The summed E-state index contributed by atoms with van der Waals surface area (Å²) in [5, 5.41) is 35.8. The molecule has 0 radical (unpaired) electrons. The van der Waals surface area contributed by atoms with Gasteiger partial charge in [0.2, 0.25) is 34.9 Å². The van der Waals surface area contributed by atoms with Crippen molar-refractivity contribution in [1.29, 1.82) is 0 Å². The fourth-order valence-electron chi connectivity index (χ4n) is 5.77. The maximum Gasteiger partial charge on any atom is 0.326 e. The zero-order chi connectivity index (χ0) is 29.6. The number of carbonyl (C=O) groups is 5. The number of hydrogen-bond donors (Lipinski definition) is 6. The van der Waals surface area contributed by atoms with Crippen LogP contribution in [0.1, 0.15) is 25.3 Å². The number of aliphatic hydroxyl groups excluding tert-OH is 2. The first-order valence-electron chi connectivity index (χ1n) is 13.1. The maximum absolute atomic E-state index is 13.9. The Balaban J connectivity index is 1.51. The lowest BCUT2D eigenvalue weighted by molar-refractivity contribution is -0.145. The molecule has 6 N–H and O–H groups in total. The van der Waals surface area contributed by atoms with Crippen LogP contribution in [0.5, 0.6) is 0 Å². The predicted octanol–water partition coefficient (Wildman–Crippen LogP) is 0.0615. The zero-order valence-corrected chi connectivity index (χ0v) is 22.3. The fourth-order valence-corrected chi connectivity index (χ4v) is 5.77. The molecule has 0 spiro atoms. The van der Waals surface area contributed by atoms with Gasteiger partial charge in [-0.3, -0.25) is 24.5 Å². The molecule has 2 aliphatic heterocycles. The number of aromatic nitrogens is 1. The number of carbonyl (C=O) groups excluding carboxylic acids is 4. The molecule has 1 aromatic heterocycles. The Morgan fingerprint density at radius 3 is 2.61 bits per heavy atom. The lowest BCUT2D eigenvalue weighted by atomic mass is 9.82. The van der Waals surface area contributed by atoms with E-state index in [0.29, 0.717) is 0 Å². The third-order valence-corrected chi connectivity index (χ3v) is 7.85. The van der Waals surface area contributed by atoms with Crippen LogP contribution in [0, 0.1) is 5.92 Å². The molecule has 2 unspecified atom stereocenters. The number of nitrogens with zero attached hydrogens (tertiary/aromatic N) is 1. The Morgan fingerprint density at radius 2 is 1.93 bits per heavy atom. The summed E-state index contributed by atoms with van der Waals surface area (Å²) in [7, 11) is 1.13. The Morgan fingerprint density at radius 1 is 1.20 bits per heavy atom. The number of carboxylic acid groups (broad SMARTS) is 1. The van der Waals surface area contributed by atoms with Crippen molar-refractivity contribution in [3.63, 3.8) is 0 Å².